The minimum absolute atomic E-state index is 0.150. The Morgan fingerprint density at radius 1 is 1.36 bits per heavy atom. The van der Waals surface area contributed by atoms with Gasteiger partial charge in [-0.1, -0.05) is 11.6 Å². The summed E-state index contributed by atoms with van der Waals surface area (Å²) in [6.45, 7) is 3.94. The van der Waals surface area contributed by atoms with E-state index >= 15 is 0 Å². The summed E-state index contributed by atoms with van der Waals surface area (Å²) in [5.74, 6) is 0.746. The quantitative estimate of drug-likeness (QED) is 0.478. The van der Waals surface area contributed by atoms with Crippen LogP contribution in [0.25, 0.3) is 11.3 Å². The van der Waals surface area contributed by atoms with Crippen LogP contribution in [0.2, 0.25) is 0 Å². The van der Waals surface area contributed by atoms with Crippen LogP contribution in [-0.2, 0) is 11.3 Å². The monoisotopic (exact) mass is 401 g/mol. The summed E-state index contributed by atoms with van der Waals surface area (Å²) < 4.78 is 6.97. The molecule has 0 fully saturated rings. The van der Waals surface area contributed by atoms with Crippen molar-refractivity contribution in [2.24, 2.45) is 0 Å². The normalized spacial score (nSPS) is 10.7. The molecule has 2 aromatic heterocycles. The molecule has 0 bridgehead atoms. The third kappa shape index (κ3) is 4.34. The van der Waals surface area contributed by atoms with Gasteiger partial charge >= 0.3 is 5.82 Å². The zero-order chi connectivity index (χ0) is 20.3. The first kappa shape index (κ1) is 19.5. The largest absolute Gasteiger partial charge is 0.496 e. The van der Waals surface area contributed by atoms with E-state index in [1.165, 1.54) is 17.5 Å². The Labute approximate surface area is 165 Å². The van der Waals surface area contributed by atoms with Gasteiger partial charge in [0, 0.05) is 30.8 Å². The number of benzene rings is 1. The summed E-state index contributed by atoms with van der Waals surface area (Å²) in [4.78, 5) is 30.7. The molecule has 0 saturated carbocycles. The number of ether oxygens (including phenoxy) is 1. The number of thiazole rings is 1. The maximum Gasteiger partial charge on any atom is 0.381 e. The van der Waals surface area contributed by atoms with Crippen molar-refractivity contribution in [2.45, 2.75) is 26.8 Å². The lowest BCUT2D eigenvalue weighted by atomic mass is 10.1. The molecular weight excluding hydrogens is 382 g/mol. The molecule has 0 aliphatic rings. The molecule has 0 spiro atoms. The van der Waals surface area contributed by atoms with Crippen molar-refractivity contribution >= 4 is 28.2 Å². The summed E-state index contributed by atoms with van der Waals surface area (Å²) in [6, 6.07) is 5.82. The van der Waals surface area contributed by atoms with E-state index in [0.29, 0.717) is 23.3 Å². The highest BCUT2D eigenvalue weighted by molar-refractivity contribution is 7.14. The molecule has 1 N–H and O–H groups in total. The summed E-state index contributed by atoms with van der Waals surface area (Å²) in [5, 5.41) is 15.9. The van der Waals surface area contributed by atoms with Crippen LogP contribution >= 0.6 is 11.3 Å². The molecular formula is C18H19N5O4S. The van der Waals surface area contributed by atoms with Crippen molar-refractivity contribution in [3.8, 4) is 17.0 Å². The van der Waals surface area contributed by atoms with Gasteiger partial charge in [-0.25, -0.2) is 4.98 Å². The number of methoxy groups -OCH3 is 1. The Hall–Kier alpha value is -3.27. The topological polar surface area (TPSA) is 112 Å². The smallest absolute Gasteiger partial charge is 0.381 e. The summed E-state index contributed by atoms with van der Waals surface area (Å²) in [6.07, 6.45) is 1.48. The molecule has 10 heteroatoms. The zero-order valence-electron chi connectivity index (χ0n) is 15.6. The van der Waals surface area contributed by atoms with Gasteiger partial charge in [-0.15, -0.1) is 11.3 Å². The molecule has 0 aliphatic heterocycles. The van der Waals surface area contributed by atoms with Gasteiger partial charge < -0.3 is 24.7 Å². The molecule has 28 heavy (non-hydrogen) atoms. The molecule has 2 heterocycles. The number of carbonyl (C=O) groups excluding carboxylic acids is 1. The second-order valence-electron chi connectivity index (χ2n) is 6.14. The number of nitro groups is 1. The van der Waals surface area contributed by atoms with Crippen LogP contribution in [0.3, 0.4) is 0 Å². The Bertz CT molecular complexity index is 1030. The molecule has 0 radical (unpaired) electrons. The highest BCUT2D eigenvalue weighted by Crippen LogP contribution is 2.33. The van der Waals surface area contributed by atoms with E-state index in [9.17, 15) is 14.9 Å². The van der Waals surface area contributed by atoms with E-state index in [2.05, 4.69) is 15.3 Å². The Balaban J connectivity index is 1.65. The van der Waals surface area contributed by atoms with Crippen molar-refractivity contribution in [1.29, 1.82) is 0 Å². The number of aromatic nitrogens is 3. The lowest BCUT2D eigenvalue weighted by molar-refractivity contribution is -0.389. The second kappa shape index (κ2) is 8.17. The number of aryl methyl sites for hydroxylation is 3. The summed E-state index contributed by atoms with van der Waals surface area (Å²) >= 11 is 1.32. The molecule has 0 aliphatic carbocycles. The predicted molar refractivity (Wildman–Crippen MR) is 106 cm³/mol. The van der Waals surface area contributed by atoms with Gasteiger partial charge in [-0.3, -0.25) is 4.79 Å². The minimum atomic E-state index is -0.555. The number of imidazole rings is 1. The molecule has 0 atom stereocenters. The van der Waals surface area contributed by atoms with Crippen LogP contribution in [0, 0.1) is 24.0 Å². The van der Waals surface area contributed by atoms with Crippen LogP contribution in [-0.4, -0.2) is 32.5 Å². The third-order valence-corrected chi connectivity index (χ3v) is 4.87. The number of nitrogens with one attached hydrogen (secondary N) is 1. The van der Waals surface area contributed by atoms with Crippen molar-refractivity contribution in [3.63, 3.8) is 0 Å². The van der Waals surface area contributed by atoms with Gasteiger partial charge in [0.15, 0.2) is 5.13 Å². The Kier molecular flexibility index (Phi) is 5.69. The van der Waals surface area contributed by atoms with E-state index in [-0.39, 0.29) is 18.1 Å². The van der Waals surface area contributed by atoms with Crippen molar-refractivity contribution < 1.29 is 14.5 Å². The molecule has 0 unspecified atom stereocenters. The molecule has 1 aromatic carbocycles. The van der Waals surface area contributed by atoms with E-state index < -0.39 is 4.92 Å². The number of hydrogen-bond acceptors (Lipinski definition) is 7. The fourth-order valence-electron chi connectivity index (χ4n) is 2.69. The Morgan fingerprint density at radius 2 is 2.14 bits per heavy atom. The second-order valence-corrected chi connectivity index (χ2v) is 6.99. The van der Waals surface area contributed by atoms with Crippen molar-refractivity contribution in [1.82, 2.24) is 14.5 Å². The van der Waals surface area contributed by atoms with E-state index in [1.807, 2.05) is 30.5 Å². The lowest BCUT2D eigenvalue weighted by Crippen LogP contribution is -2.14. The first-order valence-electron chi connectivity index (χ1n) is 8.46. The van der Waals surface area contributed by atoms with Crippen molar-refractivity contribution in [3.05, 3.63) is 51.3 Å². The first-order valence-corrected chi connectivity index (χ1v) is 9.34. The predicted octanol–water partition coefficient (Wildman–Crippen LogP) is 3.57. The number of anilines is 1. The lowest BCUT2D eigenvalue weighted by Gasteiger charge is -2.07. The SMILES string of the molecule is COc1ccc(C)cc1-c1csc(NC(=O)CCn2cc([N+](=O)[O-])nc2C)n1. The van der Waals surface area contributed by atoms with E-state index in [4.69, 9.17) is 4.74 Å². The van der Waals surface area contributed by atoms with Gasteiger partial charge in [-0.2, -0.15) is 0 Å². The Morgan fingerprint density at radius 3 is 2.82 bits per heavy atom. The average molecular weight is 401 g/mol. The minimum Gasteiger partial charge on any atom is -0.496 e. The van der Waals surface area contributed by atoms with Gasteiger partial charge in [0.05, 0.1) is 12.8 Å². The number of nitrogens with zero attached hydrogens (tertiary/aromatic N) is 4. The highest BCUT2D eigenvalue weighted by Gasteiger charge is 2.16. The fraction of sp³-hybridized carbons (Fsp3) is 0.278. The standard InChI is InChI=1S/C18H19N5O4S/c1-11-4-5-15(27-3)13(8-11)14-10-28-18(20-14)21-17(24)6-7-22-9-16(23(25)26)19-12(22)2/h4-5,8-10H,6-7H2,1-3H3,(H,20,21,24). The van der Waals surface area contributed by atoms with E-state index in [1.54, 1.807) is 18.6 Å². The number of rotatable bonds is 7. The molecule has 146 valence electrons. The summed E-state index contributed by atoms with van der Waals surface area (Å²) in [5.41, 5.74) is 2.67. The van der Waals surface area contributed by atoms with Crippen LogP contribution in [0.4, 0.5) is 10.9 Å². The van der Waals surface area contributed by atoms with Crippen LogP contribution in [0.1, 0.15) is 17.8 Å². The molecule has 0 saturated heterocycles. The maximum absolute atomic E-state index is 12.2. The van der Waals surface area contributed by atoms with Gasteiger partial charge in [-0.05, 0) is 29.0 Å². The van der Waals surface area contributed by atoms with E-state index in [0.717, 1.165) is 16.8 Å². The van der Waals surface area contributed by atoms with Gasteiger partial charge in [0.2, 0.25) is 11.7 Å². The third-order valence-electron chi connectivity index (χ3n) is 4.11. The number of amides is 1. The molecule has 3 aromatic rings. The fourth-order valence-corrected chi connectivity index (χ4v) is 3.41. The maximum atomic E-state index is 12.2. The molecule has 1 amide bonds. The van der Waals surface area contributed by atoms with Crippen LogP contribution in [0.5, 0.6) is 5.75 Å². The van der Waals surface area contributed by atoms with Gasteiger partial charge in [0.1, 0.15) is 11.9 Å². The van der Waals surface area contributed by atoms with Gasteiger partial charge in [0.25, 0.3) is 0 Å². The number of carbonyl (C=O) groups is 1. The zero-order valence-corrected chi connectivity index (χ0v) is 16.4. The molecule has 3 rings (SSSR count). The average Bonchev–Trinajstić information content (AvgIpc) is 3.26. The van der Waals surface area contributed by atoms with Crippen molar-refractivity contribution in [2.75, 3.05) is 12.4 Å². The first-order chi connectivity index (χ1) is 13.4. The van der Waals surface area contributed by atoms with Crippen LogP contribution in [0.15, 0.2) is 29.8 Å². The van der Waals surface area contributed by atoms with Crippen LogP contribution < -0.4 is 10.1 Å². The number of hydrogen-bond donors (Lipinski definition) is 1. The molecule has 9 nitrogen and oxygen atoms in total. The highest BCUT2D eigenvalue weighted by atomic mass is 32.1. The summed E-state index contributed by atoms with van der Waals surface area (Å²) in [7, 11) is 1.60.